The Morgan fingerprint density at radius 2 is 2.07 bits per heavy atom. The van der Waals surface area contributed by atoms with Crippen LogP contribution in [0.4, 0.5) is 0 Å². The van der Waals surface area contributed by atoms with Crippen molar-refractivity contribution in [3.05, 3.63) is 63.6 Å². The predicted molar refractivity (Wildman–Crippen MR) is 114 cm³/mol. The summed E-state index contributed by atoms with van der Waals surface area (Å²) in [5.74, 6) is -0.790. The van der Waals surface area contributed by atoms with E-state index in [1.807, 2.05) is 24.3 Å². The van der Waals surface area contributed by atoms with Crippen molar-refractivity contribution in [1.82, 2.24) is 5.32 Å². The third kappa shape index (κ3) is 6.22. The van der Waals surface area contributed by atoms with Gasteiger partial charge in [0.05, 0.1) is 22.7 Å². The molecule has 1 amide bonds. The molecule has 1 aliphatic rings. The molecule has 0 spiro atoms. The quantitative estimate of drug-likeness (QED) is 0.489. The summed E-state index contributed by atoms with van der Waals surface area (Å²) in [6.07, 6.45) is 1.24. The van der Waals surface area contributed by atoms with E-state index in [0.717, 1.165) is 22.9 Å². The fourth-order valence-electron chi connectivity index (χ4n) is 2.37. The van der Waals surface area contributed by atoms with Gasteiger partial charge in [0.1, 0.15) is 17.6 Å². The molecule has 1 unspecified atom stereocenters. The maximum atomic E-state index is 11.7. The zero-order chi connectivity index (χ0) is 20.8. The zero-order valence-corrected chi connectivity index (χ0v) is 17.2. The first-order valence-corrected chi connectivity index (χ1v) is 10.0. The maximum Gasteiger partial charge on any atom is 0.305 e. The molecule has 1 saturated heterocycles. The Kier molecular flexibility index (Phi) is 7.13. The highest BCUT2D eigenvalue weighted by atomic mass is 35.5. The Hall–Kier alpha value is -2.55. The van der Waals surface area contributed by atoms with Crippen LogP contribution in [0.25, 0.3) is 0 Å². The van der Waals surface area contributed by atoms with E-state index in [2.05, 4.69) is 15.5 Å². The summed E-state index contributed by atoms with van der Waals surface area (Å²) in [6.45, 7) is 0.327. The van der Waals surface area contributed by atoms with Crippen molar-refractivity contribution in [2.75, 3.05) is 0 Å². The number of rotatable bonds is 7. The normalized spacial score (nSPS) is 17.7. The lowest BCUT2D eigenvalue weighted by Crippen LogP contribution is -2.26. The van der Waals surface area contributed by atoms with Crippen LogP contribution in [0.15, 0.2) is 52.7 Å². The summed E-state index contributed by atoms with van der Waals surface area (Å²) in [6, 6.07) is 12.5. The largest absolute Gasteiger partial charge is 0.489 e. The number of halogens is 2. The number of nitrogens with zero attached hydrogens (tertiary/aromatic N) is 2. The van der Waals surface area contributed by atoms with E-state index in [4.69, 9.17) is 33.0 Å². The molecule has 0 aromatic heterocycles. The van der Waals surface area contributed by atoms with Gasteiger partial charge in [0.15, 0.2) is 5.17 Å². The minimum atomic E-state index is -1.04. The highest BCUT2D eigenvalue weighted by Gasteiger charge is 2.32. The molecular weight excluding hydrogens is 437 g/mol. The van der Waals surface area contributed by atoms with E-state index in [0.29, 0.717) is 22.4 Å². The molecule has 0 saturated carbocycles. The monoisotopic (exact) mass is 451 g/mol. The van der Waals surface area contributed by atoms with Gasteiger partial charge >= 0.3 is 5.97 Å². The van der Waals surface area contributed by atoms with Crippen LogP contribution in [-0.4, -0.2) is 33.6 Å². The number of hydrogen-bond donors (Lipinski definition) is 2. The Morgan fingerprint density at radius 1 is 1.24 bits per heavy atom. The lowest BCUT2D eigenvalue weighted by molar-refractivity contribution is -0.138. The summed E-state index contributed by atoms with van der Waals surface area (Å²) in [5.41, 5.74) is 1.63. The van der Waals surface area contributed by atoms with Crippen molar-refractivity contribution in [2.24, 2.45) is 10.2 Å². The first-order chi connectivity index (χ1) is 13.9. The molecule has 7 nitrogen and oxygen atoms in total. The Morgan fingerprint density at radius 3 is 2.83 bits per heavy atom. The van der Waals surface area contributed by atoms with Gasteiger partial charge in [-0.1, -0.05) is 53.2 Å². The standard InChI is InChI=1S/C19H15Cl2N3O4S/c20-14-5-4-12(7-15(14)21)10-28-13-3-1-2-11(6-13)9-22-24-19-23-18(27)16(29-19)8-17(25)26/h1-7,9,16H,8,10H2,(H,25,26)(H,23,24,27). The van der Waals surface area contributed by atoms with Gasteiger partial charge in [-0.05, 0) is 35.4 Å². The highest BCUT2D eigenvalue weighted by molar-refractivity contribution is 8.15. The third-order valence-electron chi connectivity index (χ3n) is 3.74. The van der Waals surface area contributed by atoms with Crippen LogP contribution >= 0.6 is 35.0 Å². The first-order valence-electron chi connectivity index (χ1n) is 8.38. The summed E-state index contributed by atoms with van der Waals surface area (Å²) < 4.78 is 5.76. The predicted octanol–water partition coefficient (Wildman–Crippen LogP) is 3.97. The number of benzene rings is 2. The minimum Gasteiger partial charge on any atom is -0.489 e. The number of carboxylic acids is 1. The number of aliphatic carboxylic acids is 1. The number of thioether (sulfide) groups is 1. The highest BCUT2D eigenvalue weighted by Crippen LogP contribution is 2.24. The molecule has 2 N–H and O–H groups in total. The SMILES string of the molecule is O=C(O)CC1SC(=NN=Cc2cccc(OCc3ccc(Cl)c(Cl)c3)c2)NC1=O. The van der Waals surface area contributed by atoms with Crippen LogP contribution in [-0.2, 0) is 16.2 Å². The van der Waals surface area contributed by atoms with E-state index >= 15 is 0 Å². The molecule has 3 rings (SSSR count). The van der Waals surface area contributed by atoms with Crippen LogP contribution in [0.5, 0.6) is 5.75 Å². The number of ether oxygens (including phenoxy) is 1. The average molecular weight is 452 g/mol. The van der Waals surface area contributed by atoms with E-state index in [1.54, 1.807) is 18.2 Å². The lowest BCUT2D eigenvalue weighted by Gasteiger charge is -2.07. The molecule has 1 aliphatic heterocycles. The molecule has 1 heterocycles. The molecular formula is C19H15Cl2N3O4S. The van der Waals surface area contributed by atoms with E-state index in [1.165, 1.54) is 6.21 Å². The molecule has 0 aliphatic carbocycles. The topological polar surface area (TPSA) is 100 Å². The number of carbonyl (C=O) groups excluding carboxylic acids is 1. The van der Waals surface area contributed by atoms with Crippen LogP contribution in [0.3, 0.4) is 0 Å². The van der Waals surface area contributed by atoms with Crippen molar-refractivity contribution in [3.8, 4) is 5.75 Å². The van der Waals surface area contributed by atoms with Gasteiger partial charge in [0, 0.05) is 0 Å². The minimum absolute atomic E-state index is 0.266. The zero-order valence-electron chi connectivity index (χ0n) is 14.8. The Labute approximate surface area is 180 Å². The van der Waals surface area contributed by atoms with Crippen LogP contribution in [0, 0.1) is 0 Å². The molecule has 150 valence electrons. The Bertz CT molecular complexity index is 997. The third-order valence-corrected chi connectivity index (χ3v) is 5.55. The average Bonchev–Trinajstić information content (AvgIpc) is 3.02. The fourth-order valence-corrected chi connectivity index (χ4v) is 3.61. The first kappa shape index (κ1) is 21.2. The molecule has 1 fully saturated rings. The van der Waals surface area contributed by atoms with E-state index in [9.17, 15) is 9.59 Å². The van der Waals surface area contributed by atoms with Crippen LogP contribution in [0.1, 0.15) is 17.5 Å². The number of nitrogens with one attached hydrogen (secondary N) is 1. The lowest BCUT2D eigenvalue weighted by atomic mass is 10.2. The fraction of sp³-hybridized carbons (Fsp3) is 0.158. The second-order valence-corrected chi connectivity index (χ2v) is 7.96. The molecule has 0 radical (unpaired) electrons. The van der Waals surface area contributed by atoms with Crippen LogP contribution < -0.4 is 10.1 Å². The van der Waals surface area contributed by atoms with Crippen molar-refractivity contribution >= 4 is 58.2 Å². The summed E-state index contributed by atoms with van der Waals surface area (Å²) in [5, 5.41) is 19.7. The number of hydrogen-bond acceptors (Lipinski definition) is 6. The molecule has 0 bridgehead atoms. The summed E-state index contributed by atoms with van der Waals surface area (Å²) in [4.78, 5) is 22.4. The van der Waals surface area contributed by atoms with Gasteiger partial charge in [-0.2, -0.15) is 5.10 Å². The van der Waals surface area contributed by atoms with E-state index < -0.39 is 11.2 Å². The molecule has 10 heteroatoms. The molecule has 2 aromatic rings. The van der Waals surface area contributed by atoms with Gasteiger partial charge in [0.2, 0.25) is 5.91 Å². The number of carbonyl (C=O) groups is 2. The van der Waals surface area contributed by atoms with Gasteiger partial charge in [-0.15, -0.1) is 5.10 Å². The van der Waals surface area contributed by atoms with Crippen LogP contribution in [0.2, 0.25) is 10.0 Å². The van der Waals surface area contributed by atoms with E-state index in [-0.39, 0.29) is 17.5 Å². The Balaban J connectivity index is 1.58. The number of amidine groups is 1. The van der Waals surface area contributed by atoms with Gasteiger partial charge < -0.3 is 15.2 Å². The molecule has 1 atom stereocenters. The molecule has 29 heavy (non-hydrogen) atoms. The maximum absolute atomic E-state index is 11.7. The van der Waals surface area contributed by atoms with Gasteiger partial charge in [0.25, 0.3) is 0 Å². The smallest absolute Gasteiger partial charge is 0.305 e. The second kappa shape index (κ2) is 9.78. The van der Waals surface area contributed by atoms with Crippen molar-refractivity contribution in [1.29, 1.82) is 0 Å². The number of amides is 1. The van der Waals surface area contributed by atoms with Crippen molar-refractivity contribution in [3.63, 3.8) is 0 Å². The van der Waals surface area contributed by atoms with Gasteiger partial charge in [-0.3, -0.25) is 9.59 Å². The number of carboxylic acid groups (broad SMARTS) is 1. The van der Waals surface area contributed by atoms with Gasteiger partial charge in [-0.25, -0.2) is 0 Å². The van der Waals surface area contributed by atoms with Crippen molar-refractivity contribution < 1.29 is 19.4 Å². The summed E-state index contributed by atoms with van der Waals surface area (Å²) >= 11 is 12.9. The molecule has 2 aromatic carbocycles. The second-order valence-electron chi connectivity index (χ2n) is 5.95. The summed E-state index contributed by atoms with van der Waals surface area (Å²) in [7, 11) is 0. The van der Waals surface area contributed by atoms with Crippen molar-refractivity contribution in [2.45, 2.75) is 18.3 Å².